The third-order valence-corrected chi connectivity index (χ3v) is 4.14. The maximum absolute atomic E-state index is 12.6. The molecule has 1 atom stereocenters. The summed E-state index contributed by atoms with van der Waals surface area (Å²) in [5.41, 5.74) is 1.10. The van der Waals surface area contributed by atoms with Crippen molar-refractivity contribution in [3.63, 3.8) is 0 Å². The number of carbonyl (C=O) groups excluding carboxylic acids is 3. The lowest BCUT2D eigenvalue weighted by molar-refractivity contribution is -0.123. The fourth-order valence-electron chi connectivity index (χ4n) is 2.50. The third-order valence-electron chi connectivity index (χ3n) is 4.14. The summed E-state index contributed by atoms with van der Waals surface area (Å²) in [5.74, 6) is -0.413. The first-order chi connectivity index (χ1) is 13.8. The van der Waals surface area contributed by atoms with E-state index >= 15 is 0 Å². The Kier molecular flexibility index (Phi) is 7.19. The summed E-state index contributed by atoms with van der Waals surface area (Å²) in [6.07, 6.45) is -1.08. The number of nitrogens with one attached hydrogen (secondary N) is 1. The maximum atomic E-state index is 12.6. The maximum Gasteiger partial charge on any atom is 0.342 e. The van der Waals surface area contributed by atoms with Gasteiger partial charge in [0.25, 0.3) is 5.91 Å². The zero-order valence-electron chi connectivity index (χ0n) is 16.9. The molecule has 0 bridgehead atoms. The van der Waals surface area contributed by atoms with Gasteiger partial charge in [-0.05, 0) is 38.1 Å². The second-order valence-corrected chi connectivity index (χ2v) is 6.08. The quantitative estimate of drug-likeness (QED) is 0.536. The molecule has 0 unspecified atom stereocenters. The smallest absolute Gasteiger partial charge is 0.342 e. The number of benzene rings is 2. The number of rotatable bonds is 8. The van der Waals surface area contributed by atoms with Crippen LogP contribution in [0.25, 0.3) is 0 Å². The van der Waals surface area contributed by atoms with Crippen LogP contribution in [-0.2, 0) is 9.53 Å². The van der Waals surface area contributed by atoms with Gasteiger partial charge in [-0.15, -0.1) is 0 Å². The van der Waals surface area contributed by atoms with Crippen molar-refractivity contribution in [2.45, 2.75) is 20.0 Å². The minimum Gasteiger partial charge on any atom is -0.496 e. The summed E-state index contributed by atoms with van der Waals surface area (Å²) < 4.78 is 20.9. The number of Topliss-reactive ketones (excluding diaryl/α,β-unsaturated/α-hetero) is 1. The van der Waals surface area contributed by atoms with Crippen molar-refractivity contribution in [2.24, 2.45) is 0 Å². The van der Waals surface area contributed by atoms with Crippen LogP contribution in [-0.4, -0.2) is 45.1 Å². The van der Waals surface area contributed by atoms with E-state index in [1.54, 1.807) is 24.3 Å². The molecule has 2 aromatic rings. The number of esters is 1. The van der Waals surface area contributed by atoms with Gasteiger partial charge in [0, 0.05) is 23.4 Å². The number of amides is 1. The number of ketones is 1. The predicted molar refractivity (Wildman–Crippen MR) is 106 cm³/mol. The highest BCUT2D eigenvalue weighted by Gasteiger charge is 2.23. The lowest BCUT2D eigenvalue weighted by Crippen LogP contribution is -2.30. The fourth-order valence-corrected chi connectivity index (χ4v) is 2.50. The molecule has 0 saturated carbocycles. The van der Waals surface area contributed by atoms with Crippen LogP contribution >= 0.6 is 0 Å². The molecule has 1 amide bonds. The molecule has 0 saturated heterocycles. The summed E-state index contributed by atoms with van der Waals surface area (Å²) >= 11 is 0. The van der Waals surface area contributed by atoms with Crippen LogP contribution in [0.4, 0.5) is 5.69 Å². The Morgan fingerprint density at radius 3 is 1.93 bits per heavy atom. The van der Waals surface area contributed by atoms with E-state index in [0.29, 0.717) is 22.7 Å². The molecule has 2 rings (SSSR count). The van der Waals surface area contributed by atoms with Crippen molar-refractivity contribution in [2.75, 3.05) is 26.6 Å². The molecular formula is C21H23NO7. The second kappa shape index (κ2) is 9.59. The first-order valence-corrected chi connectivity index (χ1v) is 8.73. The van der Waals surface area contributed by atoms with Crippen LogP contribution < -0.4 is 19.5 Å². The van der Waals surface area contributed by atoms with Gasteiger partial charge in [-0.3, -0.25) is 9.59 Å². The largest absolute Gasteiger partial charge is 0.496 e. The van der Waals surface area contributed by atoms with Gasteiger partial charge in [-0.25, -0.2) is 4.79 Å². The molecule has 0 fully saturated rings. The molecule has 8 heteroatoms. The van der Waals surface area contributed by atoms with Gasteiger partial charge in [0.15, 0.2) is 23.4 Å². The fraction of sp³-hybridized carbons (Fsp3) is 0.286. The van der Waals surface area contributed by atoms with Crippen molar-refractivity contribution in [1.29, 1.82) is 0 Å². The van der Waals surface area contributed by atoms with Crippen LogP contribution in [0.3, 0.4) is 0 Å². The Morgan fingerprint density at radius 1 is 0.862 bits per heavy atom. The monoisotopic (exact) mass is 401 g/mol. The van der Waals surface area contributed by atoms with Crippen LogP contribution in [0.15, 0.2) is 36.4 Å². The van der Waals surface area contributed by atoms with E-state index in [1.165, 1.54) is 47.3 Å². The van der Waals surface area contributed by atoms with Gasteiger partial charge in [-0.1, -0.05) is 0 Å². The van der Waals surface area contributed by atoms with Gasteiger partial charge in [0.05, 0.1) is 21.3 Å². The SMILES string of the molecule is COc1cc(OC)c(C(=O)O[C@@H](C)C(=O)Nc2ccc(C(C)=O)cc2)cc1OC. The van der Waals surface area contributed by atoms with Gasteiger partial charge >= 0.3 is 5.97 Å². The number of anilines is 1. The molecule has 0 spiro atoms. The zero-order valence-corrected chi connectivity index (χ0v) is 16.9. The zero-order chi connectivity index (χ0) is 21.6. The van der Waals surface area contributed by atoms with Crippen molar-refractivity contribution in [1.82, 2.24) is 0 Å². The molecule has 0 radical (unpaired) electrons. The van der Waals surface area contributed by atoms with Gasteiger partial charge in [0.1, 0.15) is 11.3 Å². The van der Waals surface area contributed by atoms with Crippen LogP contribution in [0, 0.1) is 0 Å². The van der Waals surface area contributed by atoms with Crippen molar-refractivity contribution < 1.29 is 33.3 Å². The Balaban J connectivity index is 2.11. The highest BCUT2D eigenvalue weighted by atomic mass is 16.6. The Hall–Kier alpha value is -3.55. The summed E-state index contributed by atoms with van der Waals surface area (Å²) in [6.45, 7) is 2.90. The molecule has 8 nitrogen and oxygen atoms in total. The van der Waals surface area contributed by atoms with E-state index in [2.05, 4.69) is 5.32 Å². The first-order valence-electron chi connectivity index (χ1n) is 8.73. The van der Waals surface area contributed by atoms with Gasteiger partial charge in [-0.2, -0.15) is 0 Å². The molecule has 0 aliphatic carbocycles. The lowest BCUT2D eigenvalue weighted by atomic mass is 10.1. The Bertz CT molecular complexity index is 906. The molecule has 0 aliphatic rings. The second-order valence-electron chi connectivity index (χ2n) is 6.08. The minimum absolute atomic E-state index is 0.0750. The molecule has 0 heterocycles. The summed E-state index contributed by atoms with van der Waals surface area (Å²) in [7, 11) is 4.30. The van der Waals surface area contributed by atoms with E-state index in [0.717, 1.165) is 0 Å². The molecule has 1 N–H and O–H groups in total. The van der Waals surface area contributed by atoms with E-state index in [4.69, 9.17) is 18.9 Å². The van der Waals surface area contributed by atoms with Gasteiger partial charge < -0.3 is 24.3 Å². The van der Waals surface area contributed by atoms with Crippen molar-refractivity contribution in [3.8, 4) is 17.2 Å². The van der Waals surface area contributed by atoms with E-state index in [-0.39, 0.29) is 17.1 Å². The summed E-state index contributed by atoms with van der Waals surface area (Å²) in [4.78, 5) is 36.2. The van der Waals surface area contributed by atoms with Crippen LogP contribution in [0.5, 0.6) is 17.2 Å². The van der Waals surface area contributed by atoms with Crippen molar-refractivity contribution >= 4 is 23.3 Å². The molecule has 29 heavy (non-hydrogen) atoms. The number of hydrogen-bond donors (Lipinski definition) is 1. The molecule has 0 aliphatic heterocycles. The average molecular weight is 401 g/mol. The topological polar surface area (TPSA) is 100 Å². The summed E-state index contributed by atoms with van der Waals surface area (Å²) in [5, 5.41) is 2.63. The highest BCUT2D eigenvalue weighted by molar-refractivity contribution is 5.99. The van der Waals surface area contributed by atoms with Gasteiger partial charge in [0.2, 0.25) is 0 Å². The molecule has 0 aromatic heterocycles. The van der Waals surface area contributed by atoms with Crippen LogP contribution in [0.2, 0.25) is 0 Å². The Morgan fingerprint density at radius 2 is 1.41 bits per heavy atom. The summed E-state index contributed by atoms with van der Waals surface area (Å²) in [6, 6.07) is 9.31. The first kappa shape index (κ1) is 21.7. The van der Waals surface area contributed by atoms with Crippen molar-refractivity contribution in [3.05, 3.63) is 47.5 Å². The number of methoxy groups -OCH3 is 3. The molecular weight excluding hydrogens is 378 g/mol. The van der Waals surface area contributed by atoms with Crippen LogP contribution in [0.1, 0.15) is 34.6 Å². The number of carbonyl (C=O) groups is 3. The normalized spacial score (nSPS) is 11.2. The Labute approximate surface area is 168 Å². The minimum atomic E-state index is -1.08. The van der Waals surface area contributed by atoms with E-state index in [9.17, 15) is 14.4 Å². The molecule has 2 aromatic carbocycles. The molecule has 154 valence electrons. The van der Waals surface area contributed by atoms with E-state index < -0.39 is 18.0 Å². The number of ether oxygens (including phenoxy) is 4. The standard InChI is InChI=1S/C21H23NO7/c1-12(23)14-6-8-15(9-7-14)22-20(24)13(2)29-21(25)16-10-18(27-4)19(28-5)11-17(16)26-3/h6-11,13H,1-5H3,(H,22,24)/t13-/m0/s1. The third kappa shape index (κ3) is 5.25. The average Bonchev–Trinajstić information content (AvgIpc) is 2.72. The number of hydrogen-bond acceptors (Lipinski definition) is 7. The highest BCUT2D eigenvalue weighted by Crippen LogP contribution is 2.35. The van der Waals surface area contributed by atoms with E-state index in [1.807, 2.05) is 0 Å². The predicted octanol–water partition coefficient (Wildman–Crippen LogP) is 3.10. The lowest BCUT2D eigenvalue weighted by Gasteiger charge is -2.16.